The van der Waals surface area contributed by atoms with Crippen molar-refractivity contribution in [2.45, 2.75) is 25.7 Å². The summed E-state index contributed by atoms with van der Waals surface area (Å²) < 4.78 is 5.60. The number of rotatable bonds is 5. The topological polar surface area (TPSA) is 62.3 Å². The van der Waals surface area contributed by atoms with Gasteiger partial charge in [0.15, 0.2) is 0 Å². The molecule has 0 unspecified atom stereocenters. The minimum Gasteiger partial charge on any atom is -0.496 e. The number of likely N-dealkylation sites (tertiary alicyclic amines) is 1. The SMILES string of the molecule is CNc1cc(C)nc(Nc2ccc(OC)c(C3CCN(C)CC3)c2)n1. The molecule has 0 radical (unpaired) electrons. The molecule has 1 aromatic heterocycles. The van der Waals surface area contributed by atoms with E-state index in [1.807, 2.05) is 32.2 Å². The normalized spacial score (nSPS) is 15.8. The van der Waals surface area contributed by atoms with Crippen LogP contribution in [0.5, 0.6) is 5.75 Å². The molecule has 3 rings (SSSR count). The molecule has 2 N–H and O–H groups in total. The number of aryl methyl sites for hydroxylation is 1. The fourth-order valence-corrected chi connectivity index (χ4v) is 3.33. The monoisotopic (exact) mass is 341 g/mol. The first kappa shape index (κ1) is 17.5. The number of hydrogen-bond acceptors (Lipinski definition) is 6. The van der Waals surface area contributed by atoms with Gasteiger partial charge in [0.05, 0.1) is 7.11 Å². The van der Waals surface area contributed by atoms with Crippen molar-refractivity contribution in [2.75, 3.05) is 44.9 Å². The first-order valence-electron chi connectivity index (χ1n) is 8.76. The van der Waals surface area contributed by atoms with Gasteiger partial charge in [0.1, 0.15) is 11.6 Å². The predicted octanol–water partition coefficient (Wildman–Crippen LogP) is 3.39. The molecule has 0 amide bonds. The Morgan fingerprint density at radius 2 is 1.92 bits per heavy atom. The van der Waals surface area contributed by atoms with Crippen LogP contribution in [0.25, 0.3) is 0 Å². The van der Waals surface area contributed by atoms with Crippen LogP contribution in [0.15, 0.2) is 24.3 Å². The van der Waals surface area contributed by atoms with Gasteiger partial charge in [-0.05, 0) is 69.6 Å². The van der Waals surface area contributed by atoms with Crippen molar-refractivity contribution in [3.63, 3.8) is 0 Å². The quantitative estimate of drug-likeness (QED) is 0.869. The van der Waals surface area contributed by atoms with Crippen molar-refractivity contribution in [3.8, 4) is 5.75 Å². The van der Waals surface area contributed by atoms with Crippen LogP contribution in [-0.4, -0.2) is 49.2 Å². The molecule has 1 aromatic carbocycles. The molecule has 2 heterocycles. The van der Waals surface area contributed by atoms with Crippen LogP contribution in [0.2, 0.25) is 0 Å². The second-order valence-corrected chi connectivity index (χ2v) is 6.63. The Balaban J connectivity index is 1.85. The number of piperidine rings is 1. The third kappa shape index (κ3) is 4.20. The Morgan fingerprint density at radius 3 is 2.60 bits per heavy atom. The lowest BCUT2D eigenvalue weighted by Gasteiger charge is -2.30. The summed E-state index contributed by atoms with van der Waals surface area (Å²) in [6, 6.07) is 8.15. The lowest BCUT2D eigenvalue weighted by molar-refractivity contribution is 0.252. The first-order chi connectivity index (χ1) is 12.1. The van der Waals surface area contributed by atoms with Crippen molar-refractivity contribution in [1.29, 1.82) is 0 Å². The van der Waals surface area contributed by atoms with E-state index in [0.29, 0.717) is 11.9 Å². The zero-order valence-electron chi connectivity index (χ0n) is 15.5. The van der Waals surface area contributed by atoms with Gasteiger partial charge in [0, 0.05) is 24.5 Å². The average Bonchev–Trinajstić information content (AvgIpc) is 2.62. The van der Waals surface area contributed by atoms with Crippen molar-refractivity contribution in [3.05, 3.63) is 35.5 Å². The number of nitrogens with one attached hydrogen (secondary N) is 2. The van der Waals surface area contributed by atoms with Crippen molar-refractivity contribution in [2.24, 2.45) is 0 Å². The second-order valence-electron chi connectivity index (χ2n) is 6.63. The summed E-state index contributed by atoms with van der Waals surface area (Å²) >= 11 is 0. The third-order valence-electron chi connectivity index (χ3n) is 4.75. The molecule has 2 aromatic rings. The number of nitrogens with zero attached hydrogens (tertiary/aromatic N) is 3. The molecule has 0 atom stereocenters. The minimum absolute atomic E-state index is 0.527. The summed E-state index contributed by atoms with van der Waals surface area (Å²) in [5.41, 5.74) is 3.18. The highest BCUT2D eigenvalue weighted by Crippen LogP contribution is 2.36. The van der Waals surface area contributed by atoms with Crippen molar-refractivity contribution >= 4 is 17.5 Å². The Kier molecular flexibility index (Phi) is 5.38. The van der Waals surface area contributed by atoms with Crippen LogP contribution in [0, 0.1) is 6.92 Å². The van der Waals surface area contributed by atoms with Crippen molar-refractivity contribution < 1.29 is 4.74 Å². The molecular weight excluding hydrogens is 314 g/mol. The second kappa shape index (κ2) is 7.70. The van der Waals surface area contributed by atoms with Crippen molar-refractivity contribution in [1.82, 2.24) is 14.9 Å². The van der Waals surface area contributed by atoms with Gasteiger partial charge >= 0.3 is 0 Å². The summed E-state index contributed by atoms with van der Waals surface area (Å²) in [4.78, 5) is 11.3. The number of benzene rings is 1. The molecule has 6 nitrogen and oxygen atoms in total. The molecule has 0 aliphatic carbocycles. The van der Waals surface area contributed by atoms with E-state index in [0.717, 1.165) is 48.9 Å². The molecule has 1 fully saturated rings. The van der Waals surface area contributed by atoms with Crippen LogP contribution in [0.4, 0.5) is 17.5 Å². The largest absolute Gasteiger partial charge is 0.496 e. The first-order valence-corrected chi connectivity index (χ1v) is 8.76. The highest BCUT2D eigenvalue weighted by molar-refractivity contribution is 5.59. The van der Waals surface area contributed by atoms with Gasteiger partial charge < -0.3 is 20.3 Å². The van der Waals surface area contributed by atoms with E-state index >= 15 is 0 Å². The molecular formula is C19H27N5O. The molecule has 134 valence electrons. The van der Waals surface area contributed by atoms with Crippen LogP contribution in [-0.2, 0) is 0 Å². The average molecular weight is 341 g/mol. The van der Waals surface area contributed by atoms with Gasteiger partial charge in [0.25, 0.3) is 0 Å². The Morgan fingerprint density at radius 1 is 1.16 bits per heavy atom. The van der Waals surface area contributed by atoms with Gasteiger partial charge in [-0.15, -0.1) is 0 Å². The number of methoxy groups -OCH3 is 1. The highest BCUT2D eigenvalue weighted by Gasteiger charge is 2.22. The van der Waals surface area contributed by atoms with E-state index in [2.05, 4.69) is 38.6 Å². The fourth-order valence-electron chi connectivity index (χ4n) is 3.33. The van der Waals surface area contributed by atoms with Gasteiger partial charge in [-0.3, -0.25) is 0 Å². The van der Waals surface area contributed by atoms with Crippen LogP contribution in [0.1, 0.15) is 30.0 Å². The molecule has 0 bridgehead atoms. The minimum atomic E-state index is 0.527. The standard InChI is InChI=1S/C19H27N5O/c1-13-11-18(20-2)23-19(21-13)22-15-5-6-17(25-4)16(12-15)14-7-9-24(3)10-8-14/h5-6,11-12,14H,7-10H2,1-4H3,(H2,20,21,22,23). The maximum absolute atomic E-state index is 5.60. The third-order valence-corrected chi connectivity index (χ3v) is 4.75. The summed E-state index contributed by atoms with van der Waals surface area (Å²) in [7, 11) is 5.78. The van der Waals surface area contributed by atoms with E-state index in [4.69, 9.17) is 4.74 Å². The Hall–Kier alpha value is -2.34. The number of hydrogen-bond donors (Lipinski definition) is 2. The number of anilines is 3. The Bertz CT molecular complexity index is 726. The van der Waals surface area contributed by atoms with Crippen LogP contribution < -0.4 is 15.4 Å². The number of aromatic nitrogens is 2. The Labute approximate surface area is 149 Å². The van der Waals surface area contributed by atoms with Gasteiger partial charge in [-0.1, -0.05) is 0 Å². The van der Waals surface area contributed by atoms with Gasteiger partial charge in [-0.25, -0.2) is 4.98 Å². The van der Waals surface area contributed by atoms with Gasteiger partial charge in [0.2, 0.25) is 5.95 Å². The molecule has 0 saturated carbocycles. The summed E-state index contributed by atoms with van der Waals surface area (Å²) in [6.07, 6.45) is 2.31. The fraction of sp³-hybridized carbons (Fsp3) is 0.474. The van der Waals surface area contributed by atoms with E-state index in [-0.39, 0.29) is 0 Å². The van der Waals surface area contributed by atoms with E-state index in [1.165, 1.54) is 5.56 Å². The highest BCUT2D eigenvalue weighted by atomic mass is 16.5. The molecule has 1 saturated heterocycles. The molecule has 1 aliphatic heterocycles. The zero-order chi connectivity index (χ0) is 17.8. The number of ether oxygens (including phenoxy) is 1. The van der Waals surface area contributed by atoms with E-state index in [1.54, 1.807) is 7.11 Å². The zero-order valence-corrected chi connectivity index (χ0v) is 15.5. The maximum Gasteiger partial charge on any atom is 0.229 e. The molecule has 25 heavy (non-hydrogen) atoms. The summed E-state index contributed by atoms with van der Waals surface area (Å²) in [5.74, 6) is 2.89. The lowest BCUT2D eigenvalue weighted by Crippen LogP contribution is -2.29. The predicted molar refractivity (Wildman–Crippen MR) is 102 cm³/mol. The maximum atomic E-state index is 5.60. The summed E-state index contributed by atoms with van der Waals surface area (Å²) in [6.45, 7) is 4.21. The van der Waals surface area contributed by atoms with E-state index in [9.17, 15) is 0 Å². The lowest BCUT2D eigenvalue weighted by atomic mass is 9.88. The van der Waals surface area contributed by atoms with Crippen LogP contribution >= 0.6 is 0 Å². The smallest absolute Gasteiger partial charge is 0.229 e. The molecule has 1 aliphatic rings. The summed E-state index contributed by atoms with van der Waals surface area (Å²) in [5, 5.41) is 6.39. The van der Waals surface area contributed by atoms with E-state index < -0.39 is 0 Å². The van der Waals surface area contributed by atoms with Gasteiger partial charge in [-0.2, -0.15) is 4.98 Å². The van der Waals surface area contributed by atoms with Crippen LogP contribution in [0.3, 0.4) is 0 Å². The molecule has 0 spiro atoms. The molecule has 6 heteroatoms.